The average Bonchev–Trinajstić information content (AvgIpc) is 3.25. The molecule has 192 valence electrons. The fourth-order valence-corrected chi connectivity index (χ4v) is 3.97. The Balaban J connectivity index is 1.33. The van der Waals surface area contributed by atoms with Crippen molar-refractivity contribution in [1.29, 1.82) is 0 Å². The standard InChI is InChI=1S/C28H27N7O3/c1-18-26(35-17-21(38-16-15-37-2)11-12-25(35)31-18)24-13-14-30-28(34-24)32-20-9-7-19(8-10-20)27(36)33-23-6-4-3-5-22(23)29/h3-14,17H,15-16,29H2,1-2H3,(H,33,36)(H,30,32,34). The first-order chi connectivity index (χ1) is 18.5. The zero-order valence-electron chi connectivity index (χ0n) is 21.0. The van der Waals surface area contributed by atoms with Gasteiger partial charge in [0.2, 0.25) is 5.95 Å². The van der Waals surface area contributed by atoms with Crippen LogP contribution in [0.3, 0.4) is 0 Å². The molecular weight excluding hydrogens is 482 g/mol. The van der Waals surface area contributed by atoms with E-state index in [1.165, 1.54) is 0 Å². The van der Waals surface area contributed by atoms with Crippen LogP contribution in [0.2, 0.25) is 0 Å². The molecule has 0 bridgehead atoms. The number of fused-ring (bicyclic) bond motifs is 1. The summed E-state index contributed by atoms with van der Waals surface area (Å²) in [6.45, 7) is 2.89. The third-order valence-electron chi connectivity index (χ3n) is 5.83. The minimum atomic E-state index is -0.249. The Morgan fingerprint density at radius 2 is 1.82 bits per heavy atom. The van der Waals surface area contributed by atoms with E-state index < -0.39 is 0 Å². The Morgan fingerprint density at radius 1 is 1.00 bits per heavy atom. The van der Waals surface area contributed by atoms with E-state index in [0.29, 0.717) is 47.5 Å². The van der Waals surface area contributed by atoms with Crippen molar-refractivity contribution in [1.82, 2.24) is 19.4 Å². The van der Waals surface area contributed by atoms with E-state index in [-0.39, 0.29) is 5.91 Å². The van der Waals surface area contributed by atoms with Gasteiger partial charge in [-0.25, -0.2) is 15.0 Å². The molecule has 5 aromatic rings. The summed E-state index contributed by atoms with van der Waals surface area (Å²) in [4.78, 5) is 26.3. The van der Waals surface area contributed by atoms with Crippen molar-refractivity contribution in [2.24, 2.45) is 0 Å². The maximum Gasteiger partial charge on any atom is 0.255 e. The Kier molecular flexibility index (Phi) is 7.14. The zero-order valence-corrected chi connectivity index (χ0v) is 21.0. The number of anilines is 4. The second kappa shape index (κ2) is 11.0. The van der Waals surface area contributed by atoms with E-state index in [1.54, 1.807) is 49.7 Å². The summed E-state index contributed by atoms with van der Waals surface area (Å²) in [5.74, 6) is 0.875. The number of aryl methyl sites for hydroxylation is 1. The molecule has 0 aliphatic carbocycles. The number of nitrogens with one attached hydrogen (secondary N) is 2. The van der Waals surface area contributed by atoms with Gasteiger partial charge in [-0.1, -0.05) is 12.1 Å². The van der Waals surface area contributed by atoms with Crippen molar-refractivity contribution in [3.8, 4) is 17.1 Å². The number of amides is 1. The highest BCUT2D eigenvalue weighted by Gasteiger charge is 2.14. The van der Waals surface area contributed by atoms with Crippen molar-refractivity contribution in [2.45, 2.75) is 6.92 Å². The van der Waals surface area contributed by atoms with E-state index in [0.717, 1.165) is 22.7 Å². The smallest absolute Gasteiger partial charge is 0.255 e. The van der Waals surface area contributed by atoms with Gasteiger partial charge in [-0.15, -0.1) is 0 Å². The van der Waals surface area contributed by atoms with E-state index in [1.807, 2.05) is 47.9 Å². The quantitative estimate of drug-likeness (QED) is 0.193. The lowest BCUT2D eigenvalue weighted by atomic mass is 10.2. The van der Waals surface area contributed by atoms with E-state index >= 15 is 0 Å². The first-order valence-corrected chi connectivity index (χ1v) is 12.0. The number of nitrogens with zero attached hydrogens (tertiary/aromatic N) is 4. The summed E-state index contributed by atoms with van der Waals surface area (Å²) < 4.78 is 12.8. The highest BCUT2D eigenvalue weighted by atomic mass is 16.5. The number of methoxy groups -OCH3 is 1. The molecule has 3 heterocycles. The summed E-state index contributed by atoms with van der Waals surface area (Å²) >= 11 is 0. The molecule has 0 aliphatic rings. The lowest BCUT2D eigenvalue weighted by molar-refractivity contribution is 0.102. The number of ether oxygens (including phenoxy) is 2. The van der Waals surface area contributed by atoms with Crippen LogP contribution in [-0.4, -0.2) is 45.6 Å². The van der Waals surface area contributed by atoms with E-state index in [4.69, 9.17) is 20.2 Å². The zero-order chi connectivity index (χ0) is 26.5. The maximum absolute atomic E-state index is 12.6. The van der Waals surface area contributed by atoms with Crippen molar-refractivity contribution in [3.63, 3.8) is 0 Å². The van der Waals surface area contributed by atoms with Crippen LogP contribution in [-0.2, 0) is 4.74 Å². The van der Waals surface area contributed by atoms with Gasteiger partial charge in [0.15, 0.2) is 0 Å². The topological polar surface area (TPSA) is 129 Å². The first-order valence-electron chi connectivity index (χ1n) is 12.0. The van der Waals surface area contributed by atoms with Crippen LogP contribution in [0.25, 0.3) is 17.0 Å². The molecule has 3 aromatic heterocycles. The highest BCUT2D eigenvalue weighted by molar-refractivity contribution is 6.05. The van der Waals surface area contributed by atoms with Gasteiger partial charge in [0, 0.05) is 24.6 Å². The molecule has 0 spiro atoms. The molecule has 0 radical (unpaired) electrons. The molecule has 10 heteroatoms. The van der Waals surface area contributed by atoms with Gasteiger partial charge >= 0.3 is 0 Å². The van der Waals surface area contributed by atoms with E-state index in [2.05, 4.69) is 20.6 Å². The SMILES string of the molecule is COCCOc1ccc2nc(C)c(-c3ccnc(Nc4ccc(C(=O)Nc5ccccc5N)cc4)n3)n2c1. The number of imidazole rings is 1. The molecule has 0 atom stereocenters. The van der Waals surface area contributed by atoms with Crippen LogP contribution >= 0.6 is 0 Å². The monoisotopic (exact) mass is 509 g/mol. The third-order valence-corrected chi connectivity index (χ3v) is 5.83. The highest BCUT2D eigenvalue weighted by Crippen LogP contribution is 2.27. The number of hydrogen-bond donors (Lipinski definition) is 3. The number of carbonyl (C=O) groups excluding carboxylic acids is 1. The van der Waals surface area contributed by atoms with E-state index in [9.17, 15) is 4.79 Å². The van der Waals surface area contributed by atoms with Crippen LogP contribution in [0.1, 0.15) is 16.1 Å². The summed E-state index contributed by atoms with van der Waals surface area (Å²) in [5, 5.41) is 6.03. The van der Waals surface area contributed by atoms with Gasteiger partial charge < -0.3 is 25.8 Å². The number of para-hydroxylation sites is 2. The van der Waals surface area contributed by atoms with Gasteiger partial charge in [0.05, 0.1) is 41.3 Å². The molecule has 0 fully saturated rings. The molecule has 0 aliphatic heterocycles. The van der Waals surface area contributed by atoms with Crippen LogP contribution in [0.4, 0.5) is 23.0 Å². The van der Waals surface area contributed by atoms with Gasteiger partial charge in [-0.3, -0.25) is 9.20 Å². The molecule has 0 saturated heterocycles. The van der Waals surface area contributed by atoms with Gasteiger partial charge in [-0.2, -0.15) is 0 Å². The fourth-order valence-electron chi connectivity index (χ4n) is 3.97. The first kappa shape index (κ1) is 24.7. The number of nitrogen functional groups attached to an aromatic ring is 1. The van der Waals surface area contributed by atoms with Crippen molar-refractivity contribution in [3.05, 3.63) is 90.4 Å². The minimum Gasteiger partial charge on any atom is -0.490 e. The number of nitrogens with two attached hydrogens (primary N) is 1. The molecule has 0 saturated carbocycles. The molecule has 0 unspecified atom stereocenters. The second-order valence-corrected chi connectivity index (χ2v) is 8.49. The molecule has 1 amide bonds. The Bertz CT molecular complexity index is 1580. The molecule has 2 aromatic carbocycles. The summed E-state index contributed by atoms with van der Waals surface area (Å²) in [6, 6.07) is 19.8. The fraction of sp³-hybridized carbons (Fsp3) is 0.143. The van der Waals surface area contributed by atoms with Crippen LogP contribution in [0.15, 0.2) is 79.1 Å². The average molecular weight is 510 g/mol. The molecule has 10 nitrogen and oxygen atoms in total. The summed E-state index contributed by atoms with van der Waals surface area (Å²) in [6.07, 6.45) is 3.58. The van der Waals surface area contributed by atoms with Gasteiger partial charge in [-0.05, 0) is 61.5 Å². The Hall–Kier alpha value is -4.96. The molecule has 5 rings (SSSR count). The summed E-state index contributed by atoms with van der Waals surface area (Å²) in [7, 11) is 1.64. The van der Waals surface area contributed by atoms with Crippen LogP contribution in [0, 0.1) is 6.92 Å². The number of pyridine rings is 1. The number of benzene rings is 2. The van der Waals surface area contributed by atoms with Gasteiger partial charge in [0.1, 0.15) is 18.0 Å². The Labute approximate surface area is 219 Å². The second-order valence-electron chi connectivity index (χ2n) is 8.49. The Morgan fingerprint density at radius 3 is 2.61 bits per heavy atom. The number of aromatic nitrogens is 4. The lowest BCUT2D eigenvalue weighted by Crippen LogP contribution is -2.13. The third kappa shape index (κ3) is 5.40. The van der Waals surface area contributed by atoms with Crippen molar-refractivity contribution < 1.29 is 14.3 Å². The minimum absolute atomic E-state index is 0.249. The summed E-state index contributed by atoms with van der Waals surface area (Å²) in [5.41, 5.74) is 11.4. The maximum atomic E-state index is 12.6. The van der Waals surface area contributed by atoms with Gasteiger partial charge in [0.25, 0.3) is 5.91 Å². The van der Waals surface area contributed by atoms with Crippen molar-refractivity contribution in [2.75, 3.05) is 36.7 Å². The normalized spacial score (nSPS) is 10.9. The predicted octanol–water partition coefficient (Wildman–Crippen LogP) is 4.70. The lowest BCUT2D eigenvalue weighted by Gasteiger charge is -2.10. The molecule has 4 N–H and O–H groups in total. The molecular formula is C28H27N7O3. The largest absolute Gasteiger partial charge is 0.490 e. The number of hydrogen-bond acceptors (Lipinski definition) is 8. The molecule has 38 heavy (non-hydrogen) atoms. The number of carbonyl (C=O) groups is 1. The van der Waals surface area contributed by atoms with Crippen LogP contribution < -0.4 is 21.1 Å². The van der Waals surface area contributed by atoms with Crippen molar-refractivity contribution >= 4 is 34.6 Å². The van der Waals surface area contributed by atoms with Crippen LogP contribution in [0.5, 0.6) is 5.75 Å². The number of rotatable bonds is 9. The predicted molar refractivity (Wildman–Crippen MR) is 147 cm³/mol.